The van der Waals surface area contributed by atoms with E-state index >= 15 is 0 Å². The summed E-state index contributed by atoms with van der Waals surface area (Å²) in [6.07, 6.45) is -13.5. The van der Waals surface area contributed by atoms with Gasteiger partial charge in [-0.25, -0.2) is 0 Å². The number of carboxylic acid groups (broad SMARTS) is 3. The zero-order valence-electron chi connectivity index (χ0n) is 39.9. The fraction of sp³-hybridized carbons (Fsp3) is 0.375. The molecule has 0 radical (unpaired) electrons. The van der Waals surface area contributed by atoms with Crippen molar-refractivity contribution in [2.75, 3.05) is 16.0 Å². The number of anilines is 3. The molecule has 0 aliphatic rings. The quantitative estimate of drug-likeness (QED) is 0.0951. The molecule has 4 aromatic carbocycles. The van der Waals surface area contributed by atoms with Crippen LogP contribution in [0, 0.1) is 17.8 Å². The molecule has 0 spiro atoms. The Bertz CT molecular complexity index is 2190. The number of halogens is 9. The summed E-state index contributed by atoms with van der Waals surface area (Å²) in [6.45, 7) is 12.5. The Morgan fingerprint density at radius 2 is 0.597 bits per heavy atom. The van der Waals surface area contributed by atoms with E-state index in [1.54, 1.807) is 0 Å². The lowest BCUT2D eigenvalue weighted by Gasteiger charge is -2.16. The van der Waals surface area contributed by atoms with Gasteiger partial charge < -0.3 is 62.9 Å². The van der Waals surface area contributed by atoms with Crippen LogP contribution >= 0.6 is 0 Å². The van der Waals surface area contributed by atoms with Crippen LogP contribution in [0.5, 0.6) is 0 Å². The van der Waals surface area contributed by atoms with Crippen LogP contribution in [-0.2, 0) is 28.8 Å². The molecule has 4 aromatic rings. The fourth-order valence-corrected chi connectivity index (χ4v) is 6.22. The topological polar surface area (TPSA) is 291 Å². The summed E-state index contributed by atoms with van der Waals surface area (Å²) in [5, 5.41) is 35.5. The van der Waals surface area contributed by atoms with Gasteiger partial charge in [-0.05, 0) is 106 Å². The SMILES string of the molecule is CC(C)C[C@H]([NH3+])C(=O)Nc1cccc(-c2cc(-c3cccc(NC(=O)[C@@H]([NH3+])CC(C)C)c3)cc(-c3cccc(NC(=O)[C@@H]([NH3+])CC(C)C)c3)c2)c1.O=C([O-])C(F)(F)F.O=C([O-])C(F)(F)F.O=C([O-])C(F)(F)F. The first-order valence-corrected chi connectivity index (χ1v) is 21.7. The Morgan fingerprint density at radius 1 is 0.403 bits per heavy atom. The number of benzene rings is 4. The van der Waals surface area contributed by atoms with Gasteiger partial charge in [0.1, 0.15) is 17.9 Å². The lowest BCUT2D eigenvalue weighted by Crippen LogP contribution is -2.66. The molecule has 0 aromatic heterocycles. The van der Waals surface area contributed by atoms with Crippen LogP contribution in [0.3, 0.4) is 0 Å². The second kappa shape index (κ2) is 28.1. The van der Waals surface area contributed by atoms with Crippen LogP contribution in [-0.4, -0.2) is 72.3 Å². The lowest BCUT2D eigenvalue weighted by atomic mass is 9.92. The van der Waals surface area contributed by atoms with Crippen molar-refractivity contribution >= 4 is 52.7 Å². The number of carbonyl (C=O) groups is 6. The van der Waals surface area contributed by atoms with Crippen LogP contribution < -0.4 is 48.5 Å². The van der Waals surface area contributed by atoms with Gasteiger partial charge in [-0.3, -0.25) is 14.4 Å². The van der Waals surface area contributed by atoms with Gasteiger partial charge in [0.25, 0.3) is 17.7 Å². The number of alkyl halides is 9. The third-order valence-corrected chi connectivity index (χ3v) is 9.40. The summed E-state index contributed by atoms with van der Waals surface area (Å²) in [5.74, 6) is -8.25. The average Bonchev–Trinajstić information content (AvgIpc) is 3.25. The van der Waals surface area contributed by atoms with Gasteiger partial charge in [0.05, 0.1) is 0 Å². The second-order valence-corrected chi connectivity index (χ2v) is 17.3. The van der Waals surface area contributed by atoms with Crippen molar-refractivity contribution in [3.8, 4) is 33.4 Å². The summed E-state index contributed by atoms with van der Waals surface area (Å²) in [7, 11) is 0. The van der Waals surface area contributed by atoms with E-state index in [1.165, 1.54) is 0 Å². The molecule has 3 amide bonds. The highest BCUT2D eigenvalue weighted by molar-refractivity contribution is 5.96. The van der Waals surface area contributed by atoms with Crippen LogP contribution in [0.4, 0.5) is 56.6 Å². The number of carboxylic acids is 3. The molecular formula is C48H57F9N6O9. The van der Waals surface area contributed by atoms with E-state index in [-0.39, 0.29) is 35.8 Å². The zero-order chi connectivity index (χ0) is 55.5. The Morgan fingerprint density at radius 3 is 0.764 bits per heavy atom. The minimum Gasteiger partial charge on any atom is -0.542 e. The van der Waals surface area contributed by atoms with Gasteiger partial charge in [0.2, 0.25) is 0 Å². The van der Waals surface area contributed by atoms with E-state index < -0.39 is 36.4 Å². The molecule has 4 rings (SSSR count). The minimum atomic E-state index is -5.19. The molecule has 0 heterocycles. The van der Waals surface area contributed by atoms with Crippen LogP contribution in [0.2, 0.25) is 0 Å². The van der Waals surface area contributed by atoms with Crippen molar-refractivity contribution in [2.24, 2.45) is 17.8 Å². The molecule has 0 saturated heterocycles. The third-order valence-electron chi connectivity index (χ3n) is 9.40. The number of amides is 3. The first kappa shape index (κ1) is 63.0. The van der Waals surface area contributed by atoms with Crippen molar-refractivity contribution in [3.05, 3.63) is 91.0 Å². The molecule has 0 aliphatic heterocycles. The van der Waals surface area contributed by atoms with E-state index in [1.807, 2.05) is 72.8 Å². The number of nitrogens with one attached hydrogen (secondary N) is 3. The monoisotopic (exact) mass is 1030 g/mol. The molecule has 0 unspecified atom stereocenters. The molecule has 0 aliphatic carbocycles. The van der Waals surface area contributed by atoms with Gasteiger partial charge in [0.15, 0.2) is 18.1 Å². The molecule has 0 bridgehead atoms. The van der Waals surface area contributed by atoms with Crippen LogP contribution in [0.15, 0.2) is 91.0 Å². The molecule has 3 atom stereocenters. The van der Waals surface area contributed by atoms with Crippen molar-refractivity contribution in [1.82, 2.24) is 0 Å². The summed E-state index contributed by atoms with van der Waals surface area (Å²) < 4.78 is 94.6. The number of hydrogen-bond donors (Lipinski definition) is 6. The first-order chi connectivity index (χ1) is 33.0. The lowest BCUT2D eigenvalue weighted by molar-refractivity contribution is -0.405. The largest absolute Gasteiger partial charge is 0.542 e. The highest BCUT2D eigenvalue weighted by atomic mass is 19.4. The Balaban J connectivity index is 0.00000103. The van der Waals surface area contributed by atoms with Crippen LogP contribution in [0.25, 0.3) is 33.4 Å². The molecule has 12 N–H and O–H groups in total. The van der Waals surface area contributed by atoms with Gasteiger partial charge in [0, 0.05) is 36.3 Å². The highest BCUT2D eigenvalue weighted by Gasteiger charge is 2.30. The molecule has 72 heavy (non-hydrogen) atoms. The Hall–Kier alpha value is -7.05. The molecule has 396 valence electrons. The zero-order valence-corrected chi connectivity index (χ0v) is 39.9. The third kappa shape index (κ3) is 23.7. The Labute approximate surface area is 408 Å². The van der Waals surface area contributed by atoms with E-state index in [0.717, 1.165) is 33.4 Å². The predicted molar refractivity (Wildman–Crippen MR) is 240 cm³/mol. The first-order valence-electron chi connectivity index (χ1n) is 21.7. The minimum absolute atomic E-state index is 0.108. The average molecular weight is 1030 g/mol. The molecule has 0 fully saturated rings. The van der Waals surface area contributed by atoms with Crippen LogP contribution in [0.1, 0.15) is 60.8 Å². The standard InChI is InChI=1S/C42H54N6O3.3C2HF3O2/c1-25(2)16-37(43)40(49)46-34-13-7-10-28(22-34)31-19-32(29-11-8-14-35(23-29)47-41(50)38(44)17-26(3)4)21-33(20-31)30-12-9-15-36(24-30)48-42(51)39(45)18-27(5)6;3*3-2(4,5)1(6)7/h7-15,19-27,37-39H,16-18,43-45H2,1-6H3,(H,46,49)(H,47,50)(H,48,51);3*(H,6,7)/t37-,38-,39-;;;/m0.../s1. The van der Waals surface area contributed by atoms with Gasteiger partial charge in [-0.15, -0.1) is 0 Å². The van der Waals surface area contributed by atoms with E-state index in [9.17, 15) is 53.9 Å². The summed E-state index contributed by atoms with van der Waals surface area (Å²) in [4.78, 5) is 65.2. The Kier molecular flexibility index (Phi) is 24.6. The molecule has 15 nitrogen and oxygen atoms in total. The van der Waals surface area contributed by atoms with E-state index in [0.29, 0.717) is 54.1 Å². The van der Waals surface area contributed by atoms with Gasteiger partial charge >= 0.3 is 18.5 Å². The molecular weight excluding hydrogens is 976 g/mol. The predicted octanol–water partition coefficient (Wildman–Crippen LogP) is 3.37. The number of hydrogen-bond acceptors (Lipinski definition) is 9. The maximum absolute atomic E-state index is 12.9. The number of quaternary nitrogens is 3. The maximum atomic E-state index is 12.9. The van der Waals surface area contributed by atoms with Crippen molar-refractivity contribution < 1.29 is 101 Å². The molecule has 0 saturated carbocycles. The van der Waals surface area contributed by atoms with Crippen molar-refractivity contribution in [2.45, 2.75) is 97.5 Å². The maximum Gasteiger partial charge on any atom is 0.430 e. The van der Waals surface area contributed by atoms with Gasteiger partial charge in [-0.1, -0.05) is 77.9 Å². The smallest absolute Gasteiger partial charge is 0.430 e. The highest BCUT2D eigenvalue weighted by Crippen LogP contribution is 2.35. The summed E-state index contributed by atoms with van der Waals surface area (Å²) in [5.41, 5.74) is 19.9. The van der Waals surface area contributed by atoms with E-state index in [2.05, 4.69) is 92.9 Å². The number of rotatable bonds is 15. The van der Waals surface area contributed by atoms with Gasteiger partial charge in [-0.2, -0.15) is 39.5 Å². The normalized spacial score (nSPS) is 12.6. The fourth-order valence-electron chi connectivity index (χ4n) is 6.22. The number of carbonyl (C=O) groups excluding carboxylic acids is 6. The summed E-state index contributed by atoms with van der Waals surface area (Å²) in [6, 6.07) is 28.7. The summed E-state index contributed by atoms with van der Waals surface area (Å²) >= 11 is 0. The van der Waals surface area contributed by atoms with E-state index in [4.69, 9.17) is 29.7 Å². The van der Waals surface area contributed by atoms with Crippen molar-refractivity contribution in [3.63, 3.8) is 0 Å². The van der Waals surface area contributed by atoms with Crippen molar-refractivity contribution in [1.29, 1.82) is 0 Å². The number of aliphatic carboxylic acids is 3. The molecule has 24 heteroatoms. The second-order valence-electron chi connectivity index (χ2n) is 17.3.